The number of nitrogens with zero attached hydrogens (tertiary/aromatic N) is 3. The van der Waals surface area contributed by atoms with Gasteiger partial charge in [0.1, 0.15) is 0 Å². The Morgan fingerprint density at radius 1 is 1.27 bits per heavy atom. The van der Waals surface area contributed by atoms with Gasteiger partial charge in [0.2, 0.25) is 5.95 Å². The van der Waals surface area contributed by atoms with Crippen molar-refractivity contribution in [1.82, 2.24) is 24.9 Å². The molecule has 0 saturated carbocycles. The number of anilines is 1. The van der Waals surface area contributed by atoms with Crippen LogP contribution in [0.25, 0.3) is 0 Å². The average molecular weight is 370 g/mol. The predicted molar refractivity (Wildman–Crippen MR) is 104 cm³/mol. The molecule has 8 heteroatoms. The summed E-state index contributed by atoms with van der Waals surface area (Å²) in [7, 11) is 0. The first-order valence-corrected chi connectivity index (χ1v) is 9.49. The van der Waals surface area contributed by atoms with Crippen molar-refractivity contribution in [2.75, 3.05) is 11.9 Å². The summed E-state index contributed by atoms with van der Waals surface area (Å²) < 4.78 is 0. The van der Waals surface area contributed by atoms with Gasteiger partial charge in [0.05, 0.1) is 12.0 Å². The van der Waals surface area contributed by atoms with Gasteiger partial charge in [-0.3, -0.25) is 14.8 Å². The Labute approximate surface area is 156 Å². The molecule has 26 heavy (non-hydrogen) atoms. The molecular formula is C18H22N6OS. The van der Waals surface area contributed by atoms with Gasteiger partial charge in [0.15, 0.2) is 0 Å². The van der Waals surface area contributed by atoms with Crippen LogP contribution in [-0.2, 0) is 12.2 Å². The molecule has 136 valence electrons. The first kappa shape index (κ1) is 18.2. The number of aryl methyl sites for hydroxylation is 1. The highest BCUT2D eigenvalue weighted by Gasteiger charge is 2.08. The third kappa shape index (κ3) is 4.95. The van der Waals surface area contributed by atoms with Crippen LogP contribution in [-0.4, -0.2) is 36.7 Å². The van der Waals surface area contributed by atoms with Crippen molar-refractivity contribution in [3.05, 3.63) is 69.9 Å². The molecule has 0 aliphatic heterocycles. The van der Waals surface area contributed by atoms with Crippen LogP contribution < -0.4 is 10.9 Å². The Hall–Kier alpha value is -2.61. The van der Waals surface area contributed by atoms with Gasteiger partial charge in [-0.2, -0.15) is 11.8 Å². The van der Waals surface area contributed by atoms with Gasteiger partial charge in [-0.05, 0) is 19.1 Å². The SMILES string of the molecule is Cc1[nH]cnc1CSC(C)CNc1ncc(Cc2ccccn2)c(=O)[nH]1. The molecule has 3 aromatic rings. The zero-order valence-electron chi connectivity index (χ0n) is 14.8. The maximum atomic E-state index is 12.2. The fourth-order valence-corrected chi connectivity index (χ4v) is 3.32. The topological polar surface area (TPSA) is 99.3 Å². The number of nitrogens with one attached hydrogen (secondary N) is 3. The summed E-state index contributed by atoms with van der Waals surface area (Å²) in [5.41, 5.74) is 3.49. The van der Waals surface area contributed by atoms with E-state index in [9.17, 15) is 4.79 Å². The van der Waals surface area contributed by atoms with Crippen molar-refractivity contribution >= 4 is 17.7 Å². The molecule has 0 aromatic carbocycles. The third-order valence-corrected chi connectivity index (χ3v) is 5.14. The van der Waals surface area contributed by atoms with Crippen molar-refractivity contribution in [2.24, 2.45) is 0 Å². The van der Waals surface area contributed by atoms with Gasteiger partial charge in [-0.15, -0.1) is 0 Å². The Bertz CT molecular complexity index is 892. The van der Waals surface area contributed by atoms with Crippen LogP contribution >= 0.6 is 11.8 Å². The van der Waals surface area contributed by atoms with Gasteiger partial charge in [0, 0.05) is 53.3 Å². The van der Waals surface area contributed by atoms with E-state index in [1.165, 1.54) is 0 Å². The second-order valence-corrected chi connectivity index (χ2v) is 7.49. The normalized spacial score (nSPS) is 12.1. The van der Waals surface area contributed by atoms with Gasteiger partial charge in [-0.1, -0.05) is 13.0 Å². The van der Waals surface area contributed by atoms with Crippen LogP contribution in [0.1, 0.15) is 29.6 Å². The van der Waals surface area contributed by atoms with E-state index >= 15 is 0 Å². The highest BCUT2D eigenvalue weighted by Crippen LogP contribution is 2.18. The minimum Gasteiger partial charge on any atom is -0.355 e. The summed E-state index contributed by atoms with van der Waals surface area (Å²) in [6.45, 7) is 4.86. The third-order valence-electron chi connectivity index (χ3n) is 3.97. The minimum atomic E-state index is -0.138. The number of aromatic nitrogens is 5. The van der Waals surface area contributed by atoms with E-state index in [-0.39, 0.29) is 5.56 Å². The highest BCUT2D eigenvalue weighted by atomic mass is 32.2. The molecule has 7 nitrogen and oxygen atoms in total. The van der Waals surface area contributed by atoms with Crippen LogP contribution in [0.15, 0.2) is 41.7 Å². The van der Waals surface area contributed by atoms with Crippen molar-refractivity contribution in [3.8, 4) is 0 Å². The molecule has 1 atom stereocenters. The zero-order chi connectivity index (χ0) is 18.4. The van der Waals surface area contributed by atoms with E-state index < -0.39 is 0 Å². The first-order chi connectivity index (χ1) is 12.6. The van der Waals surface area contributed by atoms with Crippen molar-refractivity contribution < 1.29 is 0 Å². The molecule has 0 spiro atoms. The molecule has 0 saturated heterocycles. The second kappa shape index (κ2) is 8.66. The summed E-state index contributed by atoms with van der Waals surface area (Å²) in [5.74, 6) is 1.34. The van der Waals surface area contributed by atoms with Gasteiger partial charge in [-0.25, -0.2) is 9.97 Å². The number of thioether (sulfide) groups is 1. The standard InChI is InChI=1S/C18H22N6OS/c1-12(26-10-16-13(2)22-11-23-16)8-20-18-21-9-14(17(25)24-18)7-15-5-3-4-6-19-15/h3-6,9,11-12H,7-8,10H2,1-2H3,(H,22,23)(H2,20,21,24,25). The molecule has 0 aliphatic rings. The lowest BCUT2D eigenvalue weighted by atomic mass is 10.2. The van der Waals surface area contributed by atoms with Crippen LogP contribution in [0.3, 0.4) is 0 Å². The summed E-state index contributed by atoms with van der Waals surface area (Å²) in [6, 6.07) is 5.65. The number of imidazole rings is 1. The Morgan fingerprint density at radius 2 is 2.15 bits per heavy atom. The van der Waals surface area contributed by atoms with Crippen molar-refractivity contribution in [3.63, 3.8) is 0 Å². The minimum absolute atomic E-state index is 0.138. The van der Waals surface area contributed by atoms with E-state index in [0.717, 1.165) is 22.8 Å². The molecule has 3 rings (SSSR count). The van der Waals surface area contributed by atoms with Gasteiger partial charge in [0.25, 0.3) is 5.56 Å². The maximum Gasteiger partial charge on any atom is 0.255 e. The monoisotopic (exact) mass is 370 g/mol. The maximum absolute atomic E-state index is 12.2. The van der Waals surface area contributed by atoms with Crippen molar-refractivity contribution in [1.29, 1.82) is 0 Å². The number of H-pyrrole nitrogens is 2. The molecule has 3 heterocycles. The first-order valence-electron chi connectivity index (χ1n) is 8.44. The highest BCUT2D eigenvalue weighted by molar-refractivity contribution is 7.99. The Kier molecular flexibility index (Phi) is 6.06. The smallest absolute Gasteiger partial charge is 0.255 e. The lowest BCUT2D eigenvalue weighted by Gasteiger charge is -2.12. The average Bonchev–Trinajstić information content (AvgIpc) is 3.06. The second-order valence-electron chi connectivity index (χ2n) is 6.06. The van der Waals surface area contributed by atoms with Crippen LogP contribution in [0.4, 0.5) is 5.95 Å². The molecule has 0 radical (unpaired) electrons. The molecule has 3 aromatic heterocycles. The van der Waals surface area contributed by atoms with E-state index in [1.54, 1.807) is 30.5 Å². The molecule has 0 aliphatic carbocycles. The molecule has 0 bridgehead atoms. The van der Waals surface area contributed by atoms with Crippen LogP contribution in [0, 0.1) is 6.92 Å². The zero-order valence-corrected chi connectivity index (χ0v) is 15.6. The lowest BCUT2D eigenvalue weighted by molar-refractivity contribution is 0.941. The summed E-state index contributed by atoms with van der Waals surface area (Å²) in [4.78, 5) is 31.0. The van der Waals surface area contributed by atoms with Gasteiger partial charge >= 0.3 is 0 Å². The van der Waals surface area contributed by atoms with Crippen LogP contribution in [0.2, 0.25) is 0 Å². The summed E-state index contributed by atoms with van der Waals surface area (Å²) in [6.07, 6.45) is 5.52. The van der Waals surface area contributed by atoms with Gasteiger partial charge < -0.3 is 10.3 Å². The number of hydrogen-bond donors (Lipinski definition) is 3. The molecule has 0 amide bonds. The summed E-state index contributed by atoms with van der Waals surface area (Å²) in [5, 5.41) is 3.54. The lowest BCUT2D eigenvalue weighted by Crippen LogP contribution is -2.20. The van der Waals surface area contributed by atoms with Crippen molar-refractivity contribution in [2.45, 2.75) is 31.3 Å². The van der Waals surface area contributed by atoms with Crippen LogP contribution in [0.5, 0.6) is 0 Å². The van der Waals surface area contributed by atoms with E-state index in [1.807, 2.05) is 25.1 Å². The number of rotatable bonds is 8. The van der Waals surface area contributed by atoms with E-state index in [2.05, 4.69) is 37.2 Å². The molecule has 1 unspecified atom stereocenters. The van der Waals surface area contributed by atoms with E-state index in [0.29, 0.717) is 29.7 Å². The largest absolute Gasteiger partial charge is 0.355 e. The Balaban J connectivity index is 1.51. The molecular weight excluding hydrogens is 348 g/mol. The predicted octanol–water partition coefficient (Wildman–Crippen LogP) is 2.52. The fraction of sp³-hybridized carbons (Fsp3) is 0.333. The Morgan fingerprint density at radius 3 is 2.85 bits per heavy atom. The number of aromatic amines is 2. The molecule has 3 N–H and O–H groups in total. The van der Waals surface area contributed by atoms with E-state index in [4.69, 9.17) is 0 Å². The fourth-order valence-electron chi connectivity index (χ4n) is 2.39. The quantitative estimate of drug-likeness (QED) is 0.563. The number of pyridine rings is 1. The molecule has 0 fully saturated rings. The summed E-state index contributed by atoms with van der Waals surface area (Å²) >= 11 is 1.80. The number of hydrogen-bond acceptors (Lipinski definition) is 6.